The first-order chi connectivity index (χ1) is 11.9. The van der Waals surface area contributed by atoms with E-state index in [1.165, 1.54) is 10.8 Å². The molecule has 0 aliphatic rings. The highest BCUT2D eigenvalue weighted by atomic mass is 16.1. The van der Waals surface area contributed by atoms with Gasteiger partial charge < -0.3 is 4.98 Å². The van der Waals surface area contributed by atoms with E-state index in [0.29, 0.717) is 27.9 Å². The molecule has 0 bridgehead atoms. The topological polar surface area (TPSA) is 121 Å². The number of hydrogen-bond acceptors (Lipinski definition) is 4. The molecule has 0 radical (unpaired) electrons. The van der Waals surface area contributed by atoms with Crippen LogP contribution in [0.4, 0.5) is 0 Å². The van der Waals surface area contributed by atoms with Crippen LogP contribution in [-0.2, 0) is 7.05 Å². The molecule has 4 aromatic heterocycles. The molecule has 0 amide bonds. The summed E-state index contributed by atoms with van der Waals surface area (Å²) in [4.78, 5) is 46.9. The Morgan fingerprint density at radius 1 is 1.16 bits per heavy atom. The summed E-state index contributed by atoms with van der Waals surface area (Å²) in [5.41, 5.74) is 0.772. The minimum absolute atomic E-state index is 0.0486. The third kappa shape index (κ3) is 2.02. The highest BCUT2D eigenvalue weighted by Gasteiger charge is 2.23. The summed E-state index contributed by atoms with van der Waals surface area (Å²) in [5, 5.41) is 3.05. The van der Waals surface area contributed by atoms with Crippen LogP contribution in [0.25, 0.3) is 33.3 Å². The lowest BCUT2D eigenvalue weighted by atomic mass is 10.0. The van der Waals surface area contributed by atoms with Gasteiger partial charge in [0.15, 0.2) is 11.3 Å². The minimum atomic E-state index is -0.365. The summed E-state index contributed by atoms with van der Waals surface area (Å²) < 4.78 is 2.98. The molecule has 0 aliphatic carbocycles. The molecule has 0 atom stereocenters. The van der Waals surface area contributed by atoms with Crippen LogP contribution in [0.15, 0.2) is 32.7 Å². The van der Waals surface area contributed by atoms with E-state index in [9.17, 15) is 14.4 Å². The maximum Gasteiger partial charge on any atom is 0.327 e. The summed E-state index contributed by atoms with van der Waals surface area (Å²) in [6, 6.07) is 3.25. The molecule has 9 heteroatoms. The third-order valence-corrected chi connectivity index (χ3v) is 4.30. The van der Waals surface area contributed by atoms with Crippen LogP contribution in [0.1, 0.15) is 19.9 Å². The van der Waals surface area contributed by atoms with Gasteiger partial charge in [0.2, 0.25) is 0 Å². The number of aromatic amines is 3. The van der Waals surface area contributed by atoms with Crippen LogP contribution in [-0.4, -0.2) is 29.3 Å². The second kappa shape index (κ2) is 5.07. The second-order valence-electron chi connectivity index (χ2n) is 6.19. The van der Waals surface area contributed by atoms with Crippen molar-refractivity contribution in [3.8, 4) is 11.1 Å². The van der Waals surface area contributed by atoms with E-state index < -0.39 is 0 Å². The van der Waals surface area contributed by atoms with E-state index in [-0.39, 0.29) is 28.2 Å². The number of fused-ring (bicyclic) bond motifs is 2. The predicted octanol–water partition coefficient (Wildman–Crippen LogP) is 0.841. The number of nitrogens with one attached hydrogen (secondary N) is 3. The molecule has 0 spiro atoms. The molecule has 0 aliphatic heterocycles. The number of pyridine rings is 2. The first-order valence-electron chi connectivity index (χ1n) is 7.81. The Labute approximate surface area is 139 Å². The Balaban J connectivity index is 2.36. The van der Waals surface area contributed by atoms with Crippen LogP contribution >= 0.6 is 0 Å². The van der Waals surface area contributed by atoms with E-state index in [1.807, 2.05) is 13.8 Å². The molecule has 4 rings (SSSR count). The monoisotopic (exact) mass is 340 g/mol. The van der Waals surface area contributed by atoms with Gasteiger partial charge in [0.1, 0.15) is 0 Å². The molecule has 0 saturated carbocycles. The van der Waals surface area contributed by atoms with Gasteiger partial charge in [-0.1, -0.05) is 0 Å². The van der Waals surface area contributed by atoms with Crippen molar-refractivity contribution in [1.29, 1.82) is 0 Å². The SMILES string of the molecule is CC(C)n1[nH]c(=O)c2c(-c3ccc[nH]c3=O)c3c(nc21)[nH]c(=O)n3C. The fraction of sp³-hybridized carbons (Fsp3) is 0.250. The van der Waals surface area contributed by atoms with Crippen molar-refractivity contribution < 1.29 is 0 Å². The predicted molar refractivity (Wildman–Crippen MR) is 93.9 cm³/mol. The first-order valence-corrected chi connectivity index (χ1v) is 7.81. The van der Waals surface area contributed by atoms with Crippen molar-refractivity contribution in [3.05, 3.63) is 49.5 Å². The Hall–Kier alpha value is -3.36. The Morgan fingerprint density at radius 3 is 2.60 bits per heavy atom. The van der Waals surface area contributed by atoms with E-state index in [0.717, 1.165) is 0 Å². The number of aryl methyl sites for hydroxylation is 1. The van der Waals surface area contributed by atoms with Crippen LogP contribution in [0, 0.1) is 0 Å². The van der Waals surface area contributed by atoms with E-state index in [1.54, 1.807) is 23.9 Å². The van der Waals surface area contributed by atoms with Crippen molar-refractivity contribution in [3.63, 3.8) is 0 Å². The summed E-state index contributed by atoms with van der Waals surface area (Å²) in [6.45, 7) is 3.81. The van der Waals surface area contributed by atoms with E-state index >= 15 is 0 Å². The van der Waals surface area contributed by atoms with Gasteiger partial charge in [-0.15, -0.1) is 0 Å². The smallest absolute Gasteiger partial charge is 0.327 e. The van der Waals surface area contributed by atoms with E-state index in [2.05, 4.69) is 20.1 Å². The highest BCUT2D eigenvalue weighted by Crippen LogP contribution is 2.30. The lowest BCUT2D eigenvalue weighted by molar-refractivity contribution is 0.542. The number of aromatic nitrogens is 6. The number of hydrogen-bond donors (Lipinski definition) is 3. The number of rotatable bonds is 2. The van der Waals surface area contributed by atoms with E-state index in [4.69, 9.17) is 0 Å². The zero-order chi connectivity index (χ0) is 17.9. The van der Waals surface area contributed by atoms with Crippen molar-refractivity contribution >= 4 is 22.2 Å². The Morgan fingerprint density at radius 2 is 1.92 bits per heavy atom. The first kappa shape index (κ1) is 15.2. The zero-order valence-electron chi connectivity index (χ0n) is 13.9. The second-order valence-corrected chi connectivity index (χ2v) is 6.19. The van der Waals surface area contributed by atoms with Crippen molar-refractivity contribution in [2.24, 2.45) is 7.05 Å². The van der Waals surface area contributed by atoms with Gasteiger partial charge in [0.05, 0.1) is 16.5 Å². The molecule has 3 N–H and O–H groups in total. The van der Waals surface area contributed by atoms with Crippen molar-refractivity contribution in [2.75, 3.05) is 0 Å². The molecule has 25 heavy (non-hydrogen) atoms. The fourth-order valence-electron chi connectivity index (χ4n) is 3.13. The van der Waals surface area contributed by atoms with Crippen molar-refractivity contribution in [1.82, 2.24) is 29.3 Å². The molecule has 4 heterocycles. The van der Waals surface area contributed by atoms with Gasteiger partial charge in [0.25, 0.3) is 11.1 Å². The molecule has 4 aromatic rings. The molecule has 0 saturated heterocycles. The maximum atomic E-state index is 12.6. The number of imidazole rings is 1. The van der Waals surface area contributed by atoms with Crippen LogP contribution in [0.5, 0.6) is 0 Å². The molecule has 0 fully saturated rings. The summed E-state index contributed by atoms with van der Waals surface area (Å²) in [7, 11) is 1.57. The summed E-state index contributed by atoms with van der Waals surface area (Å²) in [6.07, 6.45) is 1.51. The molecular formula is C16H16N6O3. The largest absolute Gasteiger partial charge is 0.329 e. The third-order valence-electron chi connectivity index (χ3n) is 4.30. The summed E-state index contributed by atoms with van der Waals surface area (Å²) >= 11 is 0. The summed E-state index contributed by atoms with van der Waals surface area (Å²) in [5.74, 6) is 0. The molecular weight excluding hydrogens is 324 g/mol. The van der Waals surface area contributed by atoms with Gasteiger partial charge in [-0.2, -0.15) is 0 Å². The van der Waals surface area contributed by atoms with Gasteiger partial charge in [-0.05, 0) is 26.0 Å². The Bertz CT molecular complexity index is 1300. The van der Waals surface area contributed by atoms with Gasteiger partial charge >= 0.3 is 5.69 Å². The molecule has 9 nitrogen and oxygen atoms in total. The average molecular weight is 340 g/mol. The minimum Gasteiger partial charge on any atom is -0.329 e. The number of H-pyrrole nitrogens is 3. The lowest BCUT2D eigenvalue weighted by Crippen LogP contribution is -2.14. The normalized spacial score (nSPS) is 11.8. The Kier molecular flexibility index (Phi) is 3.08. The lowest BCUT2D eigenvalue weighted by Gasteiger charge is -2.09. The highest BCUT2D eigenvalue weighted by molar-refractivity contribution is 6.06. The van der Waals surface area contributed by atoms with Crippen molar-refractivity contribution in [2.45, 2.75) is 19.9 Å². The average Bonchev–Trinajstić information content (AvgIpc) is 3.04. The molecule has 128 valence electrons. The van der Waals surface area contributed by atoms with Crippen LogP contribution in [0.3, 0.4) is 0 Å². The molecule has 0 aromatic carbocycles. The maximum absolute atomic E-state index is 12.6. The molecule has 0 unspecified atom stereocenters. The fourth-order valence-corrected chi connectivity index (χ4v) is 3.13. The van der Waals surface area contributed by atoms with Crippen LogP contribution in [0.2, 0.25) is 0 Å². The number of nitrogens with zero attached hydrogens (tertiary/aromatic N) is 3. The van der Waals surface area contributed by atoms with Gasteiger partial charge in [-0.3, -0.25) is 28.9 Å². The van der Waals surface area contributed by atoms with Gasteiger partial charge in [0, 0.05) is 24.8 Å². The quantitative estimate of drug-likeness (QED) is 0.500. The van der Waals surface area contributed by atoms with Crippen LogP contribution < -0.4 is 16.8 Å². The standard InChI is InChI=1S/C16H16N6O3/c1-7(2)22-13-10(15(24)20-22)9(8-5-4-6-17-14(8)23)11-12(18-13)19-16(25)21(11)3/h4-7H,1-3H3,(H,17,23)(H,20,24)(H,18,19,25). The zero-order valence-corrected chi connectivity index (χ0v) is 13.9. The van der Waals surface area contributed by atoms with Gasteiger partial charge in [-0.25, -0.2) is 9.78 Å².